The Morgan fingerprint density at radius 1 is 1.09 bits per heavy atom. The predicted molar refractivity (Wildman–Crippen MR) is 126 cm³/mol. The minimum atomic E-state index is -3.23. The number of carbonyl (C=O) groups is 1. The number of ether oxygens (including phenoxy) is 1. The van der Waals surface area contributed by atoms with Crippen molar-refractivity contribution in [2.75, 3.05) is 45.5 Å². The molecule has 2 saturated heterocycles. The maximum Gasteiger partial charge on any atom is 0.270 e. The molecule has 4 rings (SSSR count). The van der Waals surface area contributed by atoms with Crippen LogP contribution in [0.15, 0.2) is 18.2 Å². The van der Waals surface area contributed by atoms with Gasteiger partial charge >= 0.3 is 0 Å². The van der Waals surface area contributed by atoms with Gasteiger partial charge in [-0.1, -0.05) is 11.6 Å². The van der Waals surface area contributed by atoms with E-state index in [0.29, 0.717) is 48.7 Å². The second-order valence-corrected chi connectivity index (χ2v) is 11.3. The van der Waals surface area contributed by atoms with Gasteiger partial charge < -0.3 is 19.5 Å². The third kappa shape index (κ3) is 5.06. The Balaban J connectivity index is 1.44. The number of aromatic nitrogens is 1. The average Bonchev–Trinajstić information content (AvgIpc) is 3.16. The standard InChI is InChI=1S/C22H31ClN4O4S/c1-15(2)25-6-4-17(5-7-25)31-21-13-16-12-20(24-19(16)14-18(21)23)22(28)26-8-10-27(11-9-26)32(3,29)30/h12-15,17,24H,4-11H2,1-3H3. The van der Waals surface area contributed by atoms with Crippen molar-refractivity contribution in [3.05, 3.63) is 28.9 Å². The Morgan fingerprint density at radius 2 is 1.75 bits per heavy atom. The molecule has 0 radical (unpaired) electrons. The maximum atomic E-state index is 13.0. The lowest BCUT2D eigenvalue weighted by Gasteiger charge is -2.34. The molecule has 0 unspecified atom stereocenters. The van der Waals surface area contributed by atoms with Gasteiger partial charge in [0.2, 0.25) is 10.0 Å². The first kappa shape index (κ1) is 23.4. The number of fused-ring (bicyclic) bond motifs is 1. The van der Waals surface area contributed by atoms with Crippen LogP contribution in [0, 0.1) is 0 Å². The number of hydrogen-bond donors (Lipinski definition) is 1. The summed E-state index contributed by atoms with van der Waals surface area (Å²) in [7, 11) is -3.23. The van der Waals surface area contributed by atoms with Crippen LogP contribution < -0.4 is 4.74 Å². The van der Waals surface area contributed by atoms with Crippen LogP contribution in [-0.2, 0) is 10.0 Å². The molecule has 2 aromatic rings. The van der Waals surface area contributed by atoms with Crippen molar-refractivity contribution in [3.63, 3.8) is 0 Å². The first-order chi connectivity index (χ1) is 15.1. The number of piperidine rings is 1. The summed E-state index contributed by atoms with van der Waals surface area (Å²) in [5.41, 5.74) is 1.24. The highest BCUT2D eigenvalue weighted by molar-refractivity contribution is 7.88. The van der Waals surface area contributed by atoms with Gasteiger partial charge in [-0.05, 0) is 44.9 Å². The molecule has 0 aliphatic carbocycles. The first-order valence-corrected chi connectivity index (χ1v) is 13.3. The van der Waals surface area contributed by atoms with Crippen LogP contribution in [0.25, 0.3) is 10.9 Å². The molecule has 32 heavy (non-hydrogen) atoms. The zero-order valence-corrected chi connectivity index (χ0v) is 20.4. The predicted octanol–water partition coefficient (Wildman–Crippen LogP) is 2.79. The summed E-state index contributed by atoms with van der Waals surface area (Å²) < 4.78 is 31.0. The number of benzene rings is 1. The lowest BCUT2D eigenvalue weighted by Crippen LogP contribution is -2.50. The van der Waals surface area contributed by atoms with Gasteiger partial charge in [0.25, 0.3) is 5.91 Å². The van der Waals surface area contributed by atoms with Crippen LogP contribution in [0.2, 0.25) is 5.02 Å². The molecular formula is C22H31ClN4O4S. The number of piperazine rings is 1. The van der Waals surface area contributed by atoms with E-state index >= 15 is 0 Å². The SMILES string of the molecule is CC(C)N1CCC(Oc2cc3cc(C(=O)N4CCN(S(C)(=O)=O)CC4)[nH]c3cc2Cl)CC1. The number of H-pyrrole nitrogens is 1. The summed E-state index contributed by atoms with van der Waals surface area (Å²) in [6.07, 6.45) is 3.25. The summed E-state index contributed by atoms with van der Waals surface area (Å²) in [4.78, 5) is 20.2. The first-order valence-electron chi connectivity index (χ1n) is 11.1. The van der Waals surface area contributed by atoms with Gasteiger partial charge in [0, 0.05) is 56.2 Å². The summed E-state index contributed by atoms with van der Waals surface area (Å²) in [5.74, 6) is 0.496. The highest BCUT2D eigenvalue weighted by Gasteiger charge is 2.28. The van der Waals surface area contributed by atoms with Crippen molar-refractivity contribution < 1.29 is 17.9 Å². The summed E-state index contributed by atoms with van der Waals surface area (Å²) in [5, 5.41) is 1.38. The van der Waals surface area contributed by atoms with E-state index in [-0.39, 0.29) is 12.0 Å². The van der Waals surface area contributed by atoms with Crippen LogP contribution in [-0.4, -0.2) is 91.1 Å². The number of nitrogens with one attached hydrogen (secondary N) is 1. The van der Waals surface area contributed by atoms with E-state index in [0.717, 1.165) is 36.8 Å². The fourth-order valence-corrected chi connectivity index (χ4v) is 5.46. The molecule has 1 amide bonds. The van der Waals surface area contributed by atoms with Gasteiger partial charge in [0.15, 0.2) is 0 Å². The quantitative estimate of drug-likeness (QED) is 0.708. The molecule has 176 valence electrons. The normalized spacial score (nSPS) is 19.7. The van der Waals surface area contributed by atoms with Gasteiger partial charge in [0.1, 0.15) is 17.5 Å². The molecule has 8 nitrogen and oxygen atoms in total. The van der Waals surface area contributed by atoms with Crippen molar-refractivity contribution >= 4 is 38.4 Å². The van der Waals surface area contributed by atoms with Crippen LogP contribution >= 0.6 is 11.6 Å². The Labute approximate surface area is 194 Å². The van der Waals surface area contributed by atoms with Crippen LogP contribution in [0.4, 0.5) is 0 Å². The van der Waals surface area contributed by atoms with Crippen LogP contribution in [0.1, 0.15) is 37.2 Å². The van der Waals surface area contributed by atoms with Gasteiger partial charge in [-0.25, -0.2) is 8.42 Å². The Kier molecular flexibility index (Phi) is 6.72. The molecule has 0 saturated carbocycles. The van der Waals surface area contributed by atoms with E-state index in [1.807, 2.05) is 12.1 Å². The number of nitrogens with zero attached hydrogens (tertiary/aromatic N) is 3. The van der Waals surface area contributed by atoms with E-state index in [1.54, 1.807) is 11.0 Å². The second-order valence-electron chi connectivity index (χ2n) is 8.95. The van der Waals surface area contributed by atoms with E-state index in [1.165, 1.54) is 10.6 Å². The Morgan fingerprint density at radius 3 is 2.34 bits per heavy atom. The van der Waals surface area contributed by atoms with Crippen molar-refractivity contribution in [2.45, 2.75) is 38.8 Å². The molecule has 2 aliphatic rings. The van der Waals surface area contributed by atoms with E-state index in [4.69, 9.17) is 16.3 Å². The molecule has 0 spiro atoms. The number of halogens is 1. The lowest BCUT2D eigenvalue weighted by atomic mass is 10.1. The molecule has 0 bridgehead atoms. The number of hydrogen-bond acceptors (Lipinski definition) is 5. The lowest BCUT2D eigenvalue weighted by molar-refractivity contribution is 0.0693. The van der Waals surface area contributed by atoms with Crippen molar-refractivity contribution in [3.8, 4) is 5.75 Å². The van der Waals surface area contributed by atoms with Gasteiger partial charge in [0.05, 0.1) is 11.3 Å². The number of rotatable bonds is 5. The monoisotopic (exact) mass is 482 g/mol. The highest BCUT2D eigenvalue weighted by Crippen LogP contribution is 2.33. The number of aromatic amines is 1. The maximum absolute atomic E-state index is 13.0. The largest absolute Gasteiger partial charge is 0.489 e. The summed E-state index contributed by atoms with van der Waals surface area (Å²) in [6.45, 7) is 7.80. The number of sulfonamides is 1. The highest BCUT2D eigenvalue weighted by atomic mass is 35.5. The fourth-order valence-electron chi connectivity index (χ4n) is 4.42. The molecule has 1 N–H and O–H groups in total. The van der Waals surface area contributed by atoms with E-state index in [9.17, 15) is 13.2 Å². The molecule has 1 aromatic heterocycles. The van der Waals surface area contributed by atoms with Crippen LogP contribution in [0.5, 0.6) is 5.75 Å². The molecule has 1 aromatic carbocycles. The van der Waals surface area contributed by atoms with Gasteiger partial charge in [-0.3, -0.25) is 4.79 Å². The number of amides is 1. The van der Waals surface area contributed by atoms with E-state index in [2.05, 4.69) is 23.7 Å². The molecule has 3 heterocycles. The number of carbonyl (C=O) groups excluding carboxylic acids is 1. The van der Waals surface area contributed by atoms with Crippen LogP contribution in [0.3, 0.4) is 0 Å². The Bertz CT molecular complexity index is 1080. The molecule has 0 atom stereocenters. The zero-order valence-electron chi connectivity index (χ0n) is 18.8. The molecular weight excluding hydrogens is 452 g/mol. The smallest absolute Gasteiger partial charge is 0.270 e. The van der Waals surface area contributed by atoms with E-state index < -0.39 is 10.0 Å². The molecule has 2 aliphatic heterocycles. The molecule has 2 fully saturated rings. The minimum absolute atomic E-state index is 0.131. The second kappa shape index (κ2) is 9.21. The molecule has 10 heteroatoms. The topological polar surface area (TPSA) is 85.9 Å². The summed E-state index contributed by atoms with van der Waals surface area (Å²) >= 11 is 6.48. The zero-order chi connectivity index (χ0) is 23.0. The van der Waals surface area contributed by atoms with Gasteiger partial charge in [-0.2, -0.15) is 4.31 Å². The average molecular weight is 483 g/mol. The van der Waals surface area contributed by atoms with Crippen molar-refractivity contribution in [1.82, 2.24) is 19.1 Å². The van der Waals surface area contributed by atoms with Gasteiger partial charge in [-0.15, -0.1) is 0 Å². The third-order valence-electron chi connectivity index (χ3n) is 6.40. The summed E-state index contributed by atoms with van der Waals surface area (Å²) in [6, 6.07) is 6.04. The number of likely N-dealkylation sites (tertiary alicyclic amines) is 1. The fraction of sp³-hybridized carbons (Fsp3) is 0.591. The third-order valence-corrected chi connectivity index (χ3v) is 8.00. The van der Waals surface area contributed by atoms with Crippen molar-refractivity contribution in [1.29, 1.82) is 0 Å². The minimum Gasteiger partial charge on any atom is -0.489 e. The Hall–Kier alpha value is -1.81. The van der Waals surface area contributed by atoms with Crippen molar-refractivity contribution in [2.24, 2.45) is 0 Å².